The van der Waals surface area contributed by atoms with E-state index in [0.717, 1.165) is 19.6 Å². The minimum Gasteiger partial charge on any atom is -0.379 e. The lowest BCUT2D eigenvalue weighted by Crippen LogP contribution is -2.13. The lowest BCUT2D eigenvalue weighted by molar-refractivity contribution is -0.00451. The predicted molar refractivity (Wildman–Crippen MR) is 68.4 cm³/mol. The monoisotopic (exact) mass is 248 g/mol. The van der Waals surface area contributed by atoms with Gasteiger partial charge >= 0.3 is 0 Å². The first-order valence-electron chi connectivity index (χ1n) is 6.58. The Labute approximate surface area is 106 Å². The Morgan fingerprint density at radius 1 is 0.647 bits per heavy atom. The van der Waals surface area contributed by atoms with E-state index in [1.807, 2.05) is 0 Å². The summed E-state index contributed by atoms with van der Waals surface area (Å²) in [5.74, 6) is 0.585. The summed E-state index contributed by atoms with van der Waals surface area (Å²) in [7, 11) is 0. The van der Waals surface area contributed by atoms with E-state index in [4.69, 9.17) is 18.9 Å². The minimum atomic E-state index is 0.585. The highest BCUT2D eigenvalue weighted by molar-refractivity contribution is 4.39. The first-order valence-corrected chi connectivity index (χ1v) is 6.58. The van der Waals surface area contributed by atoms with Gasteiger partial charge in [-0.15, -0.1) is 0 Å². The molecule has 0 rings (SSSR count). The average Bonchev–Trinajstić information content (AvgIpc) is 2.30. The Morgan fingerprint density at radius 2 is 1.06 bits per heavy atom. The Hall–Kier alpha value is -0.160. The largest absolute Gasteiger partial charge is 0.379 e. The number of hydrogen-bond acceptors (Lipinski definition) is 4. The lowest BCUT2D eigenvalue weighted by atomic mass is 10.2. The second kappa shape index (κ2) is 13.9. The Bertz CT molecular complexity index is 139. The van der Waals surface area contributed by atoms with Gasteiger partial charge in [0.05, 0.1) is 39.6 Å². The van der Waals surface area contributed by atoms with Crippen molar-refractivity contribution in [2.45, 2.75) is 27.2 Å². The first-order chi connectivity index (χ1) is 8.27. The van der Waals surface area contributed by atoms with Crippen LogP contribution in [0.1, 0.15) is 27.2 Å². The molecule has 104 valence electrons. The molecule has 0 aliphatic rings. The molecule has 0 aromatic heterocycles. The maximum atomic E-state index is 5.38. The zero-order chi connectivity index (χ0) is 12.8. The van der Waals surface area contributed by atoms with E-state index in [0.29, 0.717) is 45.6 Å². The summed E-state index contributed by atoms with van der Waals surface area (Å²) in [6.45, 7) is 11.8. The summed E-state index contributed by atoms with van der Waals surface area (Å²) in [4.78, 5) is 0. The van der Waals surface area contributed by atoms with Crippen molar-refractivity contribution < 1.29 is 18.9 Å². The highest BCUT2D eigenvalue weighted by Gasteiger charge is 1.94. The normalized spacial score (nSPS) is 11.3. The van der Waals surface area contributed by atoms with Gasteiger partial charge < -0.3 is 18.9 Å². The second-order valence-corrected chi connectivity index (χ2v) is 4.31. The Kier molecular flexibility index (Phi) is 13.8. The molecule has 4 nitrogen and oxygen atoms in total. The molecule has 0 radical (unpaired) electrons. The molecular weight excluding hydrogens is 220 g/mol. The van der Waals surface area contributed by atoms with Crippen LogP contribution in [0.15, 0.2) is 0 Å². The molecule has 0 heterocycles. The van der Waals surface area contributed by atoms with E-state index < -0.39 is 0 Å². The predicted octanol–water partition coefficient (Wildman–Crippen LogP) is 2.12. The van der Waals surface area contributed by atoms with Crippen LogP contribution >= 0.6 is 0 Å². The van der Waals surface area contributed by atoms with Crippen LogP contribution in [0.4, 0.5) is 0 Å². The number of rotatable bonds is 13. The molecule has 0 aliphatic heterocycles. The molecule has 0 unspecified atom stereocenters. The van der Waals surface area contributed by atoms with E-state index in [1.54, 1.807) is 0 Å². The molecule has 0 saturated carbocycles. The van der Waals surface area contributed by atoms with Crippen LogP contribution in [0.3, 0.4) is 0 Å². The summed E-state index contributed by atoms with van der Waals surface area (Å²) in [6, 6.07) is 0. The average molecular weight is 248 g/mol. The Morgan fingerprint density at radius 3 is 1.47 bits per heavy atom. The first kappa shape index (κ1) is 16.8. The van der Waals surface area contributed by atoms with Gasteiger partial charge in [0.2, 0.25) is 0 Å². The Balaban J connectivity index is 2.89. The third-order valence-corrected chi connectivity index (χ3v) is 1.92. The number of hydrogen-bond donors (Lipinski definition) is 0. The van der Waals surface area contributed by atoms with Crippen LogP contribution in [0.5, 0.6) is 0 Å². The fraction of sp³-hybridized carbons (Fsp3) is 1.00. The quantitative estimate of drug-likeness (QED) is 0.468. The van der Waals surface area contributed by atoms with Crippen LogP contribution in [-0.2, 0) is 18.9 Å². The van der Waals surface area contributed by atoms with E-state index in [-0.39, 0.29) is 0 Å². The van der Waals surface area contributed by atoms with E-state index in [1.165, 1.54) is 0 Å². The molecule has 0 aromatic carbocycles. The topological polar surface area (TPSA) is 36.9 Å². The third-order valence-electron chi connectivity index (χ3n) is 1.92. The van der Waals surface area contributed by atoms with Crippen molar-refractivity contribution in [2.24, 2.45) is 5.92 Å². The zero-order valence-electron chi connectivity index (χ0n) is 11.6. The van der Waals surface area contributed by atoms with Crippen LogP contribution < -0.4 is 0 Å². The van der Waals surface area contributed by atoms with Crippen LogP contribution in [0, 0.1) is 5.92 Å². The minimum absolute atomic E-state index is 0.585. The van der Waals surface area contributed by atoms with E-state index in [2.05, 4.69) is 20.8 Å². The van der Waals surface area contributed by atoms with E-state index >= 15 is 0 Å². The molecule has 0 aromatic rings. The van der Waals surface area contributed by atoms with Gasteiger partial charge in [-0.1, -0.05) is 20.8 Å². The van der Waals surface area contributed by atoms with Gasteiger partial charge in [-0.05, 0) is 12.3 Å². The van der Waals surface area contributed by atoms with Crippen molar-refractivity contribution >= 4 is 0 Å². The SMILES string of the molecule is CCCOCCOCCOCCOCC(C)C. The van der Waals surface area contributed by atoms with Crippen molar-refractivity contribution in [3.63, 3.8) is 0 Å². The van der Waals surface area contributed by atoms with Gasteiger partial charge in [0.1, 0.15) is 0 Å². The van der Waals surface area contributed by atoms with Crippen LogP contribution in [0.2, 0.25) is 0 Å². The molecule has 4 heteroatoms. The molecule has 0 saturated heterocycles. The van der Waals surface area contributed by atoms with Gasteiger partial charge in [-0.25, -0.2) is 0 Å². The molecule has 0 aliphatic carbocycles. The summed E-state index contributed by atoms with van der Waals surface area (Å²) in [5, 5.41) is 0. The molecule has 17 heavy (non-hydrogen) atoms. The van der Waals surface area contributed by atoms with Crippen molar-refractivity contribution in [1.29, 1.82) is 0 Å². The molecule has 0 atom stereocenters. The fourth-order valence-corrected chi connectivity index (χ4v) is 1.12. The lowest BCUT2D eigenvalue weighted by Gasteiger charge is -2.08. The van der Waals surface area contributed by atoms with Gasteiger partial charge in [-0.3, -0.25) is 0 Å². The maximum absolute atomic E-state index is 5.38. The smallest absolute Gasteiger partial charge is 0.0701 e. The molecule has 0 spiro atoms. The maximum Gasteiger partial charge on any atom is 0.0701 e. The standard InChI is InChI=1S/C13H28O4/c1-4-5-14-6-7-15-8-9-16-10-11-17-12-13(2)3/h13H,4-12H2,1-3H3. The molecule has 0 fully saturated rings. The molecule has 0 bridgehead atoms. The van der Waals surface area contributed by atoms with E-state index in [9.17, 15) is 0 Å². The summed E-state index contributed by atoms with van der Waals surface area (Å²) < 4.78 is 21.3. The van der Waals surface area contributed by atoms with Crippen LogP contribution in [0.25, 0.3) is 0 Å². The molecule has 0 N–H and O–H groups in total. The fourth-order valence-electron chi connectivity index (χ4n) is 1.12. The van der Waals surface area contributed by atoms with Crippen LogP contribution in [-0.4, -0.2) is 52.9 Å². The van der Waals surface area contributed by atoms with Gasteiger partial charge in [0.15, 0.2) is 0 Å². The third kappa shape index (κ3) is 15.8. The van der Waals surface area contributed by atoms with Crippen molar-refractivity contribution in [2.75, 3.05) is 52.9 Å². The zero-order valence-corrected chi connectivity index (χ0v) is 11.6. The van der Waals surface area contributed by atoms with Gasteiger partial charge in [-0.2, -0.15) is 0 Å². The summed E-state index contributed by atoms with van der Waals surface area (Å²) in [6.07, 6.45) is 1.06. The summed E-state index contributed by atoms with van der Waals surface area (Å²) in [5.41, 5.74) is 0. The molecule has 0 amide bonds. The van der Waals surface area contributed by atoms with Crippen molar-refractivity contribution in [1.82, 2.24) is 0 Å². The van der Waals surface area contributed by atoms with Gasteiger partial charge in [0, 0.05) is 13.2 Å². The van der Waals surface area contributed by atoms with Crippen molar-refractivity contribution in [3.05, 3.63) is 0 Å². The highest BCUT2D eigenvalue weighted by Crippen LogP contribution is 1.91. The molecular formula is C13H28O4. The number of ether oxygens (including phenoxy) is 4. The van der Waals surface area contributed by atoms with Gasteiger partial charge in [0.25, 0.3) is 0 Å². The second-order valence-electron chi connectivity index (χ2n) is 4.31. The highest BCUT2D eigenvalue weighted by atomic mass is 16.6. The summed E-state index contributed by atoms with van der Waals surface area (Å²) >= 11 is 0. The van der Waals surface area contributed by atoms with Crippen molar-refractivity contribution in [3.8, 4) is 0 Å².